The molecule has 0 atom stereocenters. The predicted octanol–water partition coefficient (Wildman–Crippen LogP) is 5.68. The molecule has 0 N–H and O–H groups in total. The second kappa shape index (κ2) is 8.48. The van der Waals surface area contributed by atoms with Gasteiger partial charge in [0.2, 0.25) is 12.3 Å². The van der Waals surface area contributed by atoms with Gasteiger partial charge in [-0.2, -0.15) is 4.57 Å². The third-order valence-corrected chi connectivity index (χ3v) is 6.02. The third-order valence-electron chi connectivity index (χ3n) is 5.76. The van der Waals surface area contributed by atoms with E-state index in [4.69, 9.17) is 16.3 Å². The lowest BCUT2D eigenvalue weighted by atomic mass is 10.1. The van der Waals surface area contributed by atoms with Gasteiger partial charge in [-0.3, -0.25) is 4.79 Å². The Balaban J connectivity index is 1.53. The Labute approximate surface area is 191 Å². The second-order valence-corrected chi connectivity index (χ2v) is 8.23. The van der Waals surface area contributed by atoms with Crippen molar-refractivity contribution in [3.8, 4) is 5.75 Å². The van der Waals surface area contributed by atoms with Crippen molar-refractivity contribution in [2.45, 2.75) is 13.1 Å². The number of carbonyl (C=O) groups excluding carboxylic acids is 1. The Morgan fingerprint density at radius 3 is 2.38 bits per heavy atom. The minimum atomic E-state index is 0.0531. The van der Waals surface area contributed by atoms with Crippen LogP contribution in [0.3, 0.4) is 0 Å². The summed E-state index contributed by atoms with van der Waals surface area (Å²) < 4.78 is 9.43. The number of halogens is 1. The van der Waals surface area contributed by atoms with E-state index in [0.29, 0.717) is 5.56 Å². The van der Waals surface area contributed by atoms with Gasteiger partial charge in [-0.25, -0.2) is 0 Å². The number of hydrogen-bond donors (Lipinski definition) is 0. The van der Waals surface area contributed by atoms with E-state index in [1.165, 1.54) is 16.3 Å². The first kappa shape index (κ1) is 20.3. The summed E-state index contributed by atoms with van der Waals surface area (Å²) >= 11 is 6.07. The van der Waals surface area contributed by atoms with Crippen molar-refractivity contribution in [2.24, 2.45) is 0 Å². The average molecular weight is 442 g/mol. The molecule has 4 nitrogen and oxygen atoms in total. The highest BCUT2D eigenvalue weighted by molar-refractivity contribution is 6.30. The zero-order valence-corrected chi connectivity index (χ0v) is 18.4. The number of hydrogen-bond acceptors (Lipinski definition) is 2. The van der Waals surface area contributed by atoms with Crippen LogP contribution >= 0.6 is 11.6 Å². The molecule has 5 heteroatoms. The number of nitrogens with zero attached hydrogens (tertiary/aromatic N) is 2. The van der Waals surface area contributed by atoms with Gasteiger partial charge < -0.3 is 9.30 Å². The number of pyridine rings is 1. The van der Waals surface area contributed by atoms with Crippen molar-refractivity contribution >= 4 is 39.2 Å². The molecular weight excluding hydrogens is 420 g/mol. The van der Waals surface area contributed by atoms with E-state index in [2.05, 4.69) is 41.1 Å². The maximum Gasteiger partial charge on any atom is 0.227 e. The number of ether oxygens (including phenoxy) is 1. The average Bonchev–Trinajstić information content (AvgIpc) is 3.13. The van der Waals surface area contributed by atoms with E-state index in [0.717, 1.165) is 28.4 Å². The molecule has 0 saturated carbocycles. The fourth-order valence-corrected chi connectivity index (χ4v) is 4.24. The van der Waals surface area contributed by atoms with E-state index in [-0.39, 0.29) is 12.3 Å². The number of benzene rings is 3. The number of rotatable bonds is 6. The van der Waals surface area contributed by atoms with Crippen molar-refractivity contribution in [3.63, 3.8) is 0 Å². The molecule has 5 aromatic rings. The zero-order chi connectivity index (χ0) is 22.1. The number of Topliss-reactive ketones (excluding diaryl/α,β-unsaturated/α-hetero) is 1. The molecule has 0 amide bonds. The molecule has 0 aliphatic rings. The quantitative estimate of drug-likeness (QED) is 0.251. The van der Waals surface area contributed by atoms with Crippen LogP contribution in [0.15, 0.2) is 91.3 Å². The van der Waals surface area contributed by atoms with E-state index in [1.54, 1.807) is 19.2 Å². The molecule has 2 aromatic heterocycles. The minimum absolute atomic E-state index is 0.0531. The normalized spacial score (nSPS) is 11.2. The lowest BCUT2D eigenvalue weighted by molar-refractivity contribution is -0.682. The molecule has 0 radical (unpaired) electrons. The van der Waals surface area contributed by atoms with Crippen molar-refractivity contribution < 1.29 is 14.1 Å². The minimum Gasteiger partial charge on any atom is -0.497 e. The Kier molecular flexibility index (Phi) is 5.38. The van der Waals surface area contributed by atoms with Gasteiger partial charge >= 0.3 is 0 Å². The molecule has 32 heavy (non-hydrogen) atoms. The Morgan fingerprint density at radius 1 is 0.906 bits per heavy atom. The van der Waals surface area contributed by atoms with Crippen LogP contribution in [0, 0.1) is 0 Å². The summed E-state index contributed by atoms with van der Waals surface area (Å²) in [6.45, 7) is 0.988. The third kappa shape index (κ3) is 3.85. The van der Waals surface area contributed by atoms with Crippen molar-refractivity contribution in [2.75, 3.05) is 7.11 Å². The van der Waals surface area contributed by atoms with Crippen molar-refractivity contribution in [3.05, 3.63) is 107 Å². The number of para-hydroxylation sites is 1. The monoisotopic (exact) mass is 441 g/mol. The van der Waals surface area contributed by atoms with Crippen LogP contribution in [0.5, 0.6) is 5.75 Å². The molecule has 2 heterocycles. The van der Waals surface area contributed by atoms with Crippen LogP contribution < -0.4 is 9.30 Å². The summed E-state index contributed by atoms with van der Waals surface area (Å²) in [6, 6.07) is 25.6. The van der Waals surface area contributed by atoms with E-state index >= 15 is 0 Å². The summed E-state index contributed by atoms with van der Waals surface area (Å²) in [5.41, 5.74) is 4.09. The summed E-state index contributed by atoms with van der Waals surface area (Å²) in [7, 11) is 1.62. The summed E-state index contributed by atoms with van der Waals surface area (Å²) in [4.78, 5) is 12.8. The van der Waals surface area contributed by atoms with Crippen LogP contribution in [0.25, 0.3) is 21.8 Å². The SMILES string of the molecule is COc1ccc(C(=O)C[n+]2ccc3c4ccccc4n(Cc4ccc(Cl)cc4)c3c2)cc1. The Morgan fingerprint density at radius 2 is 1.62 bits per heavy atom. The molecule has 0 unspecified atom stereocenters. The molecule has 0 bridgehead atoms. The highest BCUT2D eigenvalue weighted by Crippen LogP contribution is 2.29. The molecule has 158 valence electrons. The fraction of sp³-hybridized carbons (Fsp3) is 0.111. The Bertz CT molecular complexity index is 1420. The maximum atomic E-state index is 12.8. The lowest BCUT2D eigenvalue weighted by Crippen LogP contribution is -2.37. The largest absolute Gasteiger partial charge is 0.497 e. The highest BCUT2D eigenvalue weighted by Gasteiger charge is 2.17. The second-order valence-electron chi connectivity index (χ2n) is 7.80. The fourth-order valence-electron chi connectivity index (χ4n) is 4.11. The van der Waals surface area contributed by atoms with Crippen LogP contribution in [-0.4, -0.2) is 17.5 Å². The first-order valence-electron chi connectivity index (χ1n) is 10.4. The van der Waals surface area contributed by atoms with Crippen LogP contribution in [0.4, 0.5) is 0 Å². The predicted molar refractivity (Wildman–Crippen MR) is 128 cm³/mol. The zero-order valence-electron chi connectivity index (χ0n) is 17.7. The molecule has 3 aromatic carbocycles. The van der Waals surface area contributed by atoms with Gasteiger partial charge in [0.1, 0.15) is 11.3 Å². The van der Waals surface area contributed by atoms with Gasteiger partial charge in [0.15, 0.2) is 12.4 Å². The number of carbonyl (C=O) groups is 1. The molecule has 5 rings (SSSR count). The smallest absolute Gasteiger partial charge is 0.227 e. The lowest BCUT2D eigenvalue weighted by Gasteiger charge is -2.07. The van der Waals surface area contributed by atoms with Crippen LogP contribution in [0.2, 0.25) is 5.02 Å². The summed E-state index contributed by atoms with van der Waals surface area (Å²) in [5.74, 6) is 0.791. The van der Waals surface area contributed by atoms with Gasteiger partial charge in [0.05, 0.1) is 7.11 Å². The number of fused-ring (bicyclic) bond motifs is 3. The standard InChI is InChI=1S/C27H22ClN2O2/c1-32-22-12-8-20(9-13-22)27(31)18-29-15-14-24-23-4-2-3-5-25(23)30(26(24)17-29)16-19-6-10-21(28)11-7-19/h2-15,17H,16,18H2,1H3/q+1. The number of methoxy groups -OCH3 is 1. The number of ketones is 1. The van der Waals surface area contributed by atoms with Gasteiger partial charge in [-0.1, -0.05) is 41.9 Å². The molecule has 0 saturated heterocycles. The van der Waals surface area contributed by atoms with E-state index in [9.17, 15) is 4.79 Å². The maximum absolute atomic E-state index is 12.8. The number of aromatic nitrogens is 2. The van der Waals surface area contributed by atoms with Crippen molar-refractivity contribution in [1.82, 2.24) is 4.57 Å². The molecule has 0 aliphatic carbocycles. The molecule has 0 spiro atoms. The molecule has 0 aliphatic heterocycles. The Hall–Kier alpha value is -3.63. The summed E-state index contributed by atoms with van der Waals surface area (Å²) in [5, 5.41) is 3.10. The van der Waals surface area contributed by atoms with Crippen molar-refractivity contribution in [1.29, 1.82) is 0 Å². The molecule has 0 fully saturated rings. The first-order valence-corrected chi connectivity index (χ1v) is 10.8. The van der Waals surface area contributed by atoms with Crippen LogP contribution in [0.1, 0.15) is 15.9 Å². The van der Waals surface area contributed by atoms with Crippen LogP contribution in [-0.2, 0) is 13.1 Å². The van der Waals surface area contributed by atoms with Gasteiger partial charge in [-0.05, 0) is 48.0 Å². The highest BCUT2D eigenvalue weighted by atomic mass is 35.5. The topological polar surface area (TPSA) is 35.1 Å². The van der Waals surface area contributed by atoms with Gasteiger partial charge in [0.25, 0.3) is 0 Å². The van der Waals surface area contributed by atoms with E-state index in [1.807, 2.05) is 47.2 Å². The van der Waals surface area contributed by atoms with E-state index < -0.39 is 0 Å². The van der Waals surface area contributed by atoms with Gasteiger partial charge in [0, 0.05) is 39.5 Å². The van der Waals surface area contributed by atoms with Gasteiger partial charge in [-0.15, -0.1) is 0 Å². The first-order chi connectivity index (χ1) is 15.6. The molecular formula is C27H22ClN2O2+. The summed E-state index contributed by atoms with van der Waals surface area (Å²) in [6.07, 6.45) is 4.04.